The number of benzene rings is 2. The van der Waals surface area contributed by atoms with Crippen LogP contribution in [0.1, 0.15) is 16.8 Å². The first-order chi connectivity index (χ1) is 13.5. The molecule has 1 heterocycles. The summed E-state index contributed by atoms with van der Waals surface area (Å²) < 4.78 is 1.37. The Morgan fingerprint density at radius 1 is 1.11 bits per heavy atom. The van der Waals surface area contributed by atoms with Crippen LogP contribution in [0.4, 0.5) is 5.69 Å². The Morgan fingerprint density at radius 3 is 2.54 bits per heavy atom. The molecule has 0 fully saturated rings. The van der Waals surface area contributed by atoms with Gasteiger partial charge in [0, 0.05) is 35.5 Å². The van der Waals surface area contributed by atoms with Crippen LogP contribution in [-0.4, -0.2) is 27.2 Å². The zero-order chi connectivity index (χ0) is 20.1. The van der Waals surface area contributed by atoms with Crippen LogP contribution in [0.5, 0.6) is 0 Å². The predicted molar refractivity (Wildman–Crippen MR) is 109 cm³/mol. The molecule has 1 amide bonds. The van der Waals surface area contributed by atoms with Crippen LogP contribution < -0.4 is 10.9 Å². The molecule has 2 N–H and O–H groups in total. The quantitative estimate of drug-likeness (QED) is 0.692. The van der Waals surface area contributed by atoms with E-state index in [0.717, 1.165) is 11.1 Å². The van der Waals surface area contributed by atoms with Crippen molar-refractivity contribution in [2.75, 3.05) is 11.9 Å². The fourth-order valence-corrected chi connectivity index (χ4v) is 3.12. The van der Waals surface area contributed by atoms with E-state index >= 15 is 0 Å². The molecule has 6 nitrogen and oxygen atoms in total. The summed E-state index contributed by atoms with van der Waals surface area (Å²) >= 11 is 0. The molecule has 0 spiro atoms. The van der Waals surface area contributed by atoms with Gasteiger partial charge in [-0.1, -0.05) is 42.5 Å². The molecule has 0 saturated carbocycles. The Bertz CT molecular complexity index is 1040. The Balaban J connectivity index is 2.01. The van der Waals surface area contributed by atoms with Gasteiger partial charge in [0.05, 0.1) is 0 Å². The van der Waals surface area contributed by atoms with E-state index in [2.05, 4.69) is 10.3 Å². The highest BCUT2D eigenvalue weighted by Gasteiger charge is 2.17. The van der Waals surface area contributed by atoms with Gasteiger partial charge in [-0.15, -0.1) is 0 Å². The lowest BCUT2D eigenvalue weighted by Crippen LogP contribution is -2.33. The Hall–Kier alpha value is -3.25. The monoisotopic (exact) mass is 377 g/mol. The van der Waals surface area contributed by atoms with E-state index in [1.165, 1.54) is 4.57 Å². The summed E-state index contributed by atoms with van der Waals surface area (Å²) in [6, 6.07) is 16.8. The summed E-state index contributed by atoms with van der Waals surface area (Å²) in [4.78, 5) is 30.3. The first kappa shape index (κ1) is 19.5. The van der Waals surface area contributed by atoms with E-state index in [0.29, 0.717) is 22.8 Å². The summed E-state index contributed by atoms with van der Waals surface area (Å²) in [5.41, 5.74) is 3.14. The zero-order valence-corrected chi connectivity index (χ0v) is 16.0. The molecular formula is C22H23N3O3. The standard InChI is InChI=1S/C22H23N3O3/c1-15-7-6-10-18(13-15)24-20(27)14-25-21(17-8-4-3-5-9-17)23-16(2)19(11-12-26)22(25)28/h3-10,13,26H,11-12,14H2,1-2H3,(H,24,27). The second-order valence-electron chi connectivity index (χ2n) is 6.65. The third-order valence-corrected chi connectivity index (χ3v) is 4.47. The molecule has 28 heavy (non-hydrogen) atoms. The SMILES string of the molecule is Cc1cccc(NC(=O)Cn2c(-c3ccccc3)nc(C)c(CCO)c2=O)c1. The largest absolute Gasteiger partial charge is 0.396 e. The van der Waals surface area contributed by atoms with Gasteiger partial charge in [-0.3, -0.25) is 14.2 Å². The number of rotatable bonds is 6. The van der Waals surface area contributed by atoms with Crippen molar-refractivity contribution < 1.29 is 9.90 Å². The van der Waals surface area contributed by atoms with E-state index in [-0.39, 0.29) is 31.0 Å². The summed E-state index contributed by atoms with van der Waals surface area (Å²) in [6.45, 7) is 3.37. The molecule has 3 rings (SSSR count). The number of aryl methyl sites for hydroxylation is 2. The van der Waals surface area contributed by atoms with E-state index < -0.39 is 0 Å². The number of carbonyl (C=O) groups excluding carboxylic acids is 1. The number of carbonyl (C=O) groups is 1. The van der Waals surface area contributed by atoms with Gasteiger partial charge < -0.3 is 10.4 Å². The molecule has 6 heteroatoms. The number of nitrogens with one attached hydrogen (secondary N) is 1. The number of aromatic nitrogens is 2. The fraction of sp³-hybridized carbons (Fsp3) is 0.227. The number of amides is 1. The smallest absolute Gasteiger partial charge is 0.257 e. The minimum Gasteiger partial charge on any atom is -0.396 e. The summed E-state index contributed by atoms with van der Waals surface area (Å²) in [6.07, 6.45) is 0.201. The number of aliphatic hydroxyl groups excluding tert-OH is 1. The molecule has 0 saturated heterocycles. The average molecular weight is 377 g/mol. The van der Waals surface area contributed by atoms with Gasteiger partial charge in [-0.2, -0.15) is 0 Å². The number of anilines is 1. The van der Waals surface area contributed by atoms with Gasteiger partial charge in [0.15, 0.2) is 0 Å². The second-order valence-corrected chi connectivity index (χ2v) is 6.65. The van der Waals surface area contributed by atoms with Crippen molar-refractivity contribution in [2.24, 2.45) is 0 Å². The third-order valence-electron chi connectivity index (χ3n) is 4.47. The molecule has 1 aromatic heterocycles. The van der Waals surface area contributed by atoms with Crippen LogP contribution in [0.2, 0.25) is 0 Å². The minimum absolute atomic E-state index is 0.155. The Kier molecular flexibility index (Phi) is 6.01. The maximum atomic E-state index is 13.0. The molecule has 0 bridgehead atoms. The topological polar surface area (TPSA) is 84.2 Å². The fourth-order valence-electron chi connectivity index (χ4n) is 3.12. The Morgan fingerprint density at radius 2 is 1.86 bits per heavy atom. The molecular weight excluding hydrogens is 354 g/mol. The summed E-state index contributed by atoms with van der Waals surface area (Å²) in [5.74, 6) is 0.120. The van der Waals surface area contributed by atoms with Gasteiger partial charge in [-0.05, 0) is 31.5 Å². The first-order valence-corrected chi connectivity index (χ1v) is 9.12. The van der Waals surface area contributed by atoms with Crippen LogP contribution in [0.25, 0.3) is 11.4 Å². The van der Waals surface area contributed by atoms with Crippen LogP contribution in [0.3, 0.4) is 0 Å². The van der Waals surface area contributed by atoms with E-state index in [1.54, 1.807) is 13.0 Å². The lowest BCUT2D eigenvalue weighted by atomic mass is 10.1. The average Bonchev–Trinajstić information content (AvgIpc) is 2.68. The summed E-state index contributed by atoms with van der Waals surface area (Å²) in [7, 11) is 0. The zero-order valence-electron chi connectivity index (χ0n) is 16.0. The Labute approximate surface area is 163 Å². The van der Waals surface area contributed by atoms with E-state index in [4.69, 9.17) is 0 Å². The van der Waals surface area contributed by atoms with E-state index in [9.17, 15) is 14.7 Å². The lowest BCUT2D eigenvalue weighted by molar-refractivity contribution is -0.116. The molecule has 0 aliphatic rings. The first-order valence-electron chi connectivity index (χ1n) is 9.12. The van der Waals surface area contributed by atoms with Crippen molar-refractivity contribution in [3.63, 3.8) is 0 Å². The molecule has 0 aliphatic heterocycles. The van der Waals surface area contributed by atoms with Gasteiger partial charge >= 0.3 is 0 Å². The van der Waals surface area contributed by atoms with Crippen LogP contribution in [-0.2, 0) is 17.8 Å². The van der Waals surface area contributed by atoms with Crippen molar-refractivity contribution in [3.05, 3.63) is 81.8 Å². The molecule has 0 atom stereocenters. The van der Waals surface area contributed by atoms with Crippen LogP contribution in [0.15, 0.2) is 59.4 Å². The minimum atomic E-state index is -0.314. The van der Waals surface area contributed by atoms with Crippen molar-refractivity contribution in [1.29, 1.82) is 0 Å². The number of aliphatic hydroxyl groups is 1. The predicted octanol–water partition coefficient (Wildman–Crippen LogP) is 2.70. The van der Waals surface area contributed by atoms with Gasteiger partial charge in [0.1, 0.15) is 12.4 Å². The van der Waals surface area contributed by atoms with E-state index in [1.807, 2.05) is 55.5 Å². The second kappa shape index (κ2) is 8.63. The number of hydrogen-bond acceptors (Lipinski definition) is 4. The highest BCUT2D eigenvalue weighted by molar-refractivity contribution is 5.90. The van der Waals surface area contributed by atoms with Gasteiger partial charge in [0.2, 0.25) is 5.91 Å². The van der Waals surface area contributed by atoms with Gasteiger partial charge in [-0.25, -0.2) is 4.98 Å². The van der Waals surface area contributed by atoms with Crippen molar-refractivity contribution in [1.82, 2.24) is 9.55 Å². The highest BCUT2D eigenvalue weighted by atomic mass is 16.3. The van der Waals surface area contributed by atoms with Gasteiger partial charge in [0.25, 0.3) is 5.56 Å². The molecule has 0 aliphatic carbocycles. The summed E-state index contributed by atoms with van der Waals surface area (Å²) in [5, 5.41) is 12.1. The van der Waals surface area contributed by atoms with Crippen LogP contribution >= 0.6 is 0 Å². The highest BCUT2D eigenvalue weighted by Crippen LogP contribution is 2.17. The molecule has 3 aromatic rings. The maximum absolute atomic E-state index is 13.0. The molecule has 0 radical (unpaired) electrons. The molecule has 2 aromatic carbocycles. The molecule has 144 valence electrons. The number of nitrogens with zero attached hydrogens (tertiary/aromatic N) is 2. The van der Waals surface area contributed by atoms with Crippen LogP contribution in [0, 0.1) is 13.8 Å². The number of hydrogen-bond donors (Lipinski definition) is 2. The lowest BCUT2D eigenvalue weighted by Gasteiger charge is -2.16. The van der Waals surface area contributed by atoms with Crippen molar-refractivity contribution in [3.8, 4) is 11.4 Å². The third kappa shape index (κ3) is 4.35. The maximum Gasteiger partial charge on any atom is 0.257 e. The van der Waals surface area contributed by atoms with Crippen molar-refractivity contribution >= 4 is 11.6 Å². The normalized spacial score (nSPS) is 10.7. The van der Waals surface area contributed by atoms with Crippen molar-refractivity contribution in [2.45, 2.75) is 26.8 Å². The molecule has 0 unspecified atom stereocenters.